The number of rotatable bonds is 5. The fourth-order valence-electron chi connectivity index (χ4n) is 2.96. The summed E-state index contributed by atoms with van der Waals surface area (Å²) in [5, 5.41) is 8.19. The number of hydrogen-bond donors (Lipinski definition) is 3. The van der Waals surface area contributed by atoms with E-state index in [0.717, 1.165) is 31.4 Å². The van der Waals surface area contributed by atoms with E-state index in [2.05, 4.69) is 60.8 Å². The average molecular weight is 298 g/mol. The zero-order valence-corrected chi connectivity index (χ0v) is 13.7. The molecule has 1 heterocycles. The van der Waals surface area contributed by atoms with E-state index in [0.29, 0.717) is 6.04 Å². The van der Waals surface area contributed by atoms with Crippen molar-refractivity contribution in [1.82, 2.24) is 15.6 Å². The Morgan fingerprint density at radius 1 is 1.41 bits per heavy atom. The molecule has 0 bridgehead atoms. The van der Waals surface area contributed by atoms with E-state index in [9.17, 15) is 0 Å². The molecule has 0 saturated heterocycles. The molecular weight excluding hydrogens is 272 g/mol. The first-order valence-corrected chi connectivity index (χ1v) is 8.29. The van der Waals surface area contributed by atoms with Gasteiger partial charge in [0, 0.05) is 36.2 Å². The molecule has 0 amide bonds. The zero-order chi connectivity index (χ0) is 15.5. The van der Waals surface area contributed by atoms with Crippen LogP contribution in [-0.2, 0) is 6.42 Å². The van der Waals surface area contributed by atoms with Crippen LogP contribution in [0.25, 0.3) is 10.9 Å². The number of benzene rings is 1. The molecule has 1 saturated carbocycles. The van der Waals surface area contributed by atoms with Gasteiger partial charge in [0.2, 0.25) is 0 Å². The third-order valence-electron chi connectivity index (χ3n) is 4.42. The summed E-state index contributed by atoms with van der Waals surface area (Å²) in [5.74, 6) is 1.73. The minimum atomic E-state index is 0.605. The van der Waals surface area contributed by atoms with Gasteiger partial charge >= 0.3 is 0 Å². The lowest BCUT2D eigenvalue weighted by molar-refractivity contribution is 0.765. The second kappa shape index (κ2) is 6.42. The van der Waals surface area contributed by atoms with Crippen LogP contribution in [0.5, 0.6) is 0 Å². The third-order valence-corrected chi connectivity index (χ3v) is 4.42. The summed E-state index contributed by atoms with van der Waals surface area (Å²) in [4.78, 5) is 8.08. The highest BCUT2D eigenvalue weighted by Crippen LogP contribution is 2.28. The Morgan fingerprint density at radius 3 is 2.95 bits per heavy atom. The van der Waals surface area contributed by atoms with Gasteiger partial charge in [0.25, 0.3) is 0 Å². The maximum Gasteiger partial charge on any atom is 0.191 e. The fraction of sp³-hybridized carbons (Fsp3) is 0.500. The van der Waals surface area contributed by atoms with E-state index in [1.165, 1.54) is 28.5 Å². The number of aromatic amines is 1. The molecule has 2 aromatic rings. The highest BCUT2D eigenvalue weighted by molar-refractivity contribution is 5.86. The van der Waals surface area contributed by atoms with Crippen molar-refractivity contribution in [3.05, 3.63) is 35.5 Å². The van der Waals surface area contributed by atoms with Crippen molar-refractivity contribution in [3.8, 4) is 0 Å². The number of aryl methyl sites for hydroxylation is 1. The van der Waals surface area contributed by atoms with Crippen LogP contribution in [0.4, 0.5) is 0 Å². The van der Waals surface area contributed by atoms with E-state index in [1.807, 2.05) is 0 Å². The minimum absolute atomic E-state index is 0.605. The van der Waals surface area contributed by atoms with Gasteiger partial charge in [0.15, 0.2) is 5.96 Å². The van der Waals surface area contributed by atoms with Crippen molar-refractivity contribution in [2.75, 3.05) is 13.1 Å². The Bertz CT molecular complexity index is 671. The molecule has 1 aromatic carbocycles. The molecule has 0 aliphatic heterocycles. The smallest absolute Gasteiger partial charge is 0.191 e. The van der Waals surface area contributed by atoms with Gasteiger partial charge in [-0.05, 0) is 49.8 Å². The molecule has 1 aliphatic carbocycles. The van der Waals surface area contributed by atoms with Crippen LogP contribution in [0.15, 0.2) is 29.4 Å². The summed E-state index contributed by atoms with van der Waals surface area (Å²) < 4.78 is 0. The lowest BCUT2D eigenvalue weighted by Crippen LogP contribution is -2.39. The van der Waals surface area contributed by atoms with Crippen LogP contribution in [0, 0.1) is 12.8 Å². The van der Waals surface area contributed by atoms with Gasteiger partial charge in [0.05, 0.1) is 0 Å². The first kappa shape index (κ1) is 14.9. The molecule has 1 aromatic heterocycles. The van der Waals surface area contributed by atoms with Gasteiger partial charge in [0.1, 0.15) is 0 Å². The third kappa shape index (κ3) is 3.26. The van der Waals surface area contributed by atoms with Crippen molar-refractivity contribution in [1.29, 1.82) is 0 Å². The van der Waals surface area contributed by atoms with Crippen molar-refractivity contribution in [2.45, 2.75) is 39.7 Å². The molecule has 3 rings (SSSR count). The summed E-state index contributed by atoms with van der Waals surface area (Å²) in [6, 6.07) is 7.01. The monoisotopic (exact) mass is 298 g/mol. The Hall–Kier alpha value is -1.97. The van der Waals surface area contributed by atoms with E-state index in [1.54, 1.807) is 0 Å². The second-order valence-corrected chi connectivity index (χ2v) is 6.29. The SMILES string of the molecule is CCNC(=NCCc1c[nH]c2cccc(C)c12)NC1CC1C. The summed E-state index contributed by atoms with van der Waals surface area (Å²) in [6.45, 7) is 8.26. The molecule has 22 heavy (non-hydrogen) atoms. The number of aromatic nitrogens is 1. The first-order chi connectivity index (χ1) is 10.7. The van der Waals surface area contributed by atoms with Gasteiger partial charge in [-0.3, -0.25) is 4.99 Å². The lowest BCUT2D eigenvalue weighted by Gasteiger charge is -2.10. The average Bonchev–Trinajstić information content (AvgIpc) is 3.02. The molecule has 4 nitrogen and oxygen atoms in total. The van der Waals surface area contributed by atoms with Gasteiger partial charge in [-0.1, -0.05) is 19.1 Å². The summed E-state index contributed by atoms with van der Waals surface area (Å²) >= 11 is 0. The molecule has 118 valence electrons. The van der Waals surface area contributed by atoms with E-state index in [-0.39, 0.29) is 0 Å². The van der Waals surface area contributed by atoms with Gasteiger partial charge in [-0.15, -0.1) is 0 Å². The quantitative estimate of drug-likeness (QED) is 0.587. The van der Waals surface area contributed by atoms with E-state index in [4.69, 9.17) is 4.99 Å². The maximum absolute atomic E-state index is 4.72. The first-order valence-electron chi connectivity index (χ1n) is 8.29. The normalized spacial score (nSPS) is 21.1. The van der Waals surface area contributed by atoms with Crippen molar-refractivity contribution >= 4 is 16.9 Å². The van der Waals surface area contributed by atoms with Crippen molar-refractivity contribution in [2.24, 2.45) is 10.9 Å². The second-order valence-electron chi connectivity index (χ2n) is 6.29. The predicted octanol–water partition coefficient (Wildman–Crippen LogP) is 2.98. The molecule has 1 aliphatic rings. The topological polar surface area (TPSA) is 52.2 Å². The minimum Gasteiger partial charge on any atom is -0.361 e. The van der Waals surface area contributed by atoms with Gasteiger partial charge in [-0.25, -0.2) is 0 Å². The number of H-pyrrole nitrogens is 1. The maximum atomic E-state index is 4.72. The molecule has 4 heteroatoms. The Kier molecular flexibility index (Phi) is 4.36. The molecule has 2 atom stereocenters. The molecule has 0 radical (unpaired) electrons. The van der Waals surface area contributed by atoms with Crippen molar-refractivity contribution < 1.29 is 0 Å². The van der Waals surface area contributed by atoms with E-state index >= 15 is 0 Å². The van der Waals surface area contributed by atoms with Gasteiger partial charge < -0.3 is 15.6 Å². The molecule has 3 N–H and O–H groups in total. The summed E-state index contributed by atoms with van der Waals surface area (Å²) in [5.41, 5.74) is 3.90. The van der Waals surface area contributed by atoms with Crippen LogP contribution < -0.4 is 10.6 Å². The molecule has 2 unspecified atom stereocenters. The van der Waals surface area contributed by atoms with Gasteiger partial charge in [-0.2, -0.15) is 0 Å². The number of fused-ring (bicyclic) bond motifs is 1. The van der Waals surface area contributed by atoms with Crippen LogP contribution in [0.3, 0.4) is 0 Å². The molecular formula is C18H26N4. The standard InChI is InChI=1S/C18H26N4/c1-4-19-18(22-16-10-13(16)3)20-9-8-14-11-21-15-7-5-6-12(2)17(14)15/h5-7,11,13,16,21H,4,8-10H2,1-3H3,(H2,19,20,22). The Morgan fingerprint density at radius 2 is 2.23 bits per heavy atom. The van der Waals surface area contributed by atoms with Crippen LogP contribution >= 0.6 is 0 Å². The Balaban J connectivity index is 1.65. The number of hydrogen-bond acceptors (Lipinski definition) is 1. The fourth-order valence-corrected chi connectivity index (χ4v) is 2.96. The van der Waals surface area contributed by atoms with Crippen LogP contribution in [0.1, 0.15) is 31.4 Å². The van der Waals surface area contributed by atoms with E-state index < -0.39 is 0 Å². The Labute approximate surface area is 132 Å². The highest BCUT2D eigenvalue weighted by atomic mass is 15.2. The number of guanidine groups is 1. The lowest BCUT2D eigenvalue weighted by atomic mass is 10.1. The summed E-state index contributed by atoms with van der Waals surface area (Å²) in [7, 11) is 0. The number of aliphatic imine (C=N–C) groups is 1. The largest absolute Gasteiger partial charge is 0.361 e. The predicted molar refractivity (Wildman–Crippen MR) is 93.4 cm³/mol. The highest BCUT2D eigenvalue weighted by Gasteiger charge is 2.33. The zero-order valence-electron chi connectivity index (χ0n) is 13.7. The molecule has 1 fully saturated rings. The number of nitrogens with zero attached hydrogens (tertiary/aromatic N) is 1. The summed E-state index contributed by atoms with van der Waals surface area (Å²) in [6.07, 6.45) is 4.34. The number of nitrogens with one attached hydrogen (secondary N) is 3. The molecule has 0 spiro atoms. The van der Waals surface area contributed by atoms with Crippen molar-refractivity contribution in [3.63, 3.8) is 0 Å². The van der Waals surface area contributed by atoms with Crippen LogP contribution in [0.2, 0.25) is 0 Å². The van der Waals surface area contributed by atoms with Crippen LogP contribution in [-0.4, -0.2) is 30.1 Å².